The molecule has 0 heterocycles. The van der Waals surface area contributed by atoms with Crippen molar-refractivity contribution in [3.8, 4) is 0 Å². The molecule has 0 aliphatic heterocycles. The normalized spacial score (nSPS) is 13.3. The van der Waals surface area contributed by atoms with Gasteiger partial charge in [-0.2, -0.15) is 0 Å². The number of hydrogen-bond donors (Lipinski definition) is 1. The van der Waals surface area contributed by atoms with Gasteiger partial charge in [-0.15, -0.1) is 0 Å². The van der Waals surface area contributed by atoms with E-state index in [-0.39, 0.29) is 6.04 Å². The van der Waals surface area contributed by atoms with Crippen molar-refractivity contribution in [1.82, 2.24) is 0 Å². The van der Waals surface area contributed by atoms with Crippen LogP contribution in [0.15, 0.2) is 30.3 Å². The zero-order valence-electron chi connectivity index (χ0n) is 14.2. The highest BCUT2D eigenvalue weighted by Crippen LogP contribution is 2.22. The van der Waals surface area contributed by atoms with Crippen LogP contribution in [0.5, 0.6) is 0 Å². The standard InChI is InChI=1S/C17H31NO3Si/c1-4-19-22(20-5-2,21-6-3)15-11-10-14-17(18)16-12-8-7-9-13-16/h7-9,12-13,17H,4-6,10-11,14-15,18H2,1-3H3. The summed E-state index contributed by atoms with van der Waals surface area (Å²) in [6.45, 7) is 7.88. The Morgan fingerprint density at radius 1 is 0.909 bits per heavy atom. The minimum Gasteiger partial charge on any atom is -0.374 e. The van der Waals surface area contributed by atoms with E-state index in [2.05, 4.69) is 12.1 Å². The molecule has 0 amide bonds. The highest BCUT2D eigenvalue weighted by atomic mass is 28.4. The Morgan fingerprint density at radius 3 is 1.95 bits per heavy atom. The summed E-state index contributed by atoms with van der Waals surface area (Å²) in [7, 11) is -2.49. The van der Waals surface area contributed by atoms with Crippen molar-refractivity contribution in [3.05, 3.63) is 35.9 Å². The lowest BCUT2D eigenvalue weighted by Gasteiger charge is -2.28. The van der Waals surface area contributed by atoms with Gasteiger partial charge in [0.1, 0.15) is 0 Å². The maximum Gasteiger partial charge on any atom is 0.500 e. The molecule has 0 saturated carbocycles. The molecule has 0 bridgehead atoms. The van der Waals surface area contributed by atoms with E-state index in [0.717, 1.165) is 25.3 Å². The minimum atomic E-state index is -2.49. The van der Waals surface area contributed by atoms with Crippen LogP contribution < -0.4 is 5.73 Å². The third-order valence-corrected chi connectivity index (χ3v) is 6.72. The van der Waals surface area contributed by atoms with Crippen LogP contribution in [0.25, 0.3) is 0 Å². The van der Waals surface area contributed by atoms with Crippen molar-refractivity contribution >= 4 is 8.80 Å². The van der Waals surface area contributed by atoms with Crippen LogP contribution in [0.4, 0.5) is 0 Å². The molecule has 0 spiro atoms. The summed E-state index contributed by atoms with van der Waals surface area (Å²) in [4.78, 5) is 0. The molecule has 0 aliphatic rings. The molecule has 1 unspecified atom stereocenters. The fraction of sp³-hybridized carbons (Fsp3) is 0.647. The summed E-state index contributed by atoms with van der Waals surface area (Å²) in [6, 6.07) is 11.2. The van der Waals surface area contributed by atoms with Crippen molar-refractivity contribution in [2.45, 2.75) is 52.1 Å². The molecule has 0 saturated heterocycles. The largest absolute Gasteiger partial charge is 0.500 e. The maximum absolute atomic E-state index is 6.24. The summed E-state index contributed by atoms with van der Waals surface area (Å²) < 4.78 is 17.6. The van der Waals surface area contributed by atoms with Crippen LogP contribution in [-0.2, 0) is 13.3 Å². The first-order valence-electron chi connectivity index (χ1n) is 8.39. The molecule has 126 valence electrons. The molecule has 0 aliphatic carbocycles. The molecule has 22 heavy (non-hydrogen) atoms. The number of hydrogen-bond acceptors (Lipinski definition) is 4. The zero-order valence-corrected chi connectivity index (χ0v) is 15.2. The van der Waals surface area contributed by atoms with Crippen molar-refractivity contribution in [1.29, 1.82) is 0 Å². The smallest absolute Gasteiger partial charge is 0.374 e. The number of benzene rings is 1. The Hall–Kier alpha value is -0.723. The van der Waals surface area contributed by atoms with Gasteiger partial charge in [-0.3, -0.25) is 0 Å². The second-order valence-electron chi connectivity index (χ2n) is 5.25. The summed E-state index contributed by atoms with van der Waals surface area (Å²) in [6.07, 6.45) is 3.05. The number of unbranched alkanes of at least 4 members (excludes halogenated alkanes) is 1. The van der Waals surface area contributed by atoms with Gasteiger partial charge in [-0.1, -0.05) is 36.8 Å². The summed E-state index contributed by atoms with van der Waals surface area (Å²) in [5, 5.41) is 0. The van der Waals surface area contributed by atoms with Gasteiger partial charge >= 0.3 is 8.80 Å². The van der Waals surface area contributed by atoms with E-state index >= 15 is 0 Å². The summed E-state index contributed by atoms with van der Waals surface area (Å²) >= 11 is 0. The summed E-state index contributed by atoms with van der Waals surface area (Å²) in [5.41, 5.74) is 7.44. The average molecular weight is 326 g/mol. The lowest BCUT2D eigenvalue weighted by molar-refractivity contribution is 0.0706. The molecule has 5 heteroatoms. The SMILES string of the molecule is CCO[Si](CCCCC(N)c1ccccc1)(OCC)OCC. The van der Waals surface area contributed by atoms with Crippen molar-refractivity contribution in [2.24, 2.45) is 5.73 Å². The van der Waals surface area contributed by atoms with E-state index in [0.29, 0.717) is 19.8 Å². The topological polar surface area (TPSA) is 53.7 Å². The third kappa shape index (κ3) is 6.58. The van der Waals surface area contributed by atoms with Crippen molar-refractivity contribution in [3.63, 3.8) is 0 Å². The lowest BCUT2D eigenvalue weighted by atomic mass is 10.0. The monoisotopic (exact) mass is 325 g/mol. The average Bonchev–Trinajstić information content (AvgIpc) is 2.53. The Kier molecular flexibility index (Phi) is 9.59. The molecular weight excluding hydrogens is 294 g/mol. The van der Waals surface area contributed by atoms with Crippen LogP contribution in [0.1, 0.15) is 51.6 Å². The Labute approximate surface area is 136 Å². The van der Waals surface area contributed by atoms with Crippen LogP contribution >= 0.6 is 0 Å². The van der Waals surface area contributed by atoms with Gasteiger partial charge in [0.05, 0.1) is 0 Å². The van der Waals surface area contributed by atoms with E-state index in [1.54, 1.807) is 0 Å². The Bertz CT molecular complexity index is 372. The van der Waals surface area contributed by atoms with E-state index in [9.17, 15) is 0 Å². The molecule has 1 aromatic carbocycles. The quantitative estimate of drug-likeness (QED) is 0.468. The van der Waals surface area contributed by atoms with E-state index in [4.69, 9.17) is 19.0 Å². The third-order valence-electron chi connectivity index (χ3n) is 3.57. The zero-order chi connectivity index (χ0) is 16.3. The van der Waals surface area contributed by atoms with E-state index in [1.807, 2.05) is 39.0 Å². The predicted octanol–water partition coefficient (Wildman–Crippen LogP) is 3.91. The van der Waals surface area contributed by atoms with E-state index in [1.165, 1.54) is 5.56 Å². The fourth-order valence-electron chi connectivity index (χ4n) is 2.57. The second-order valence-corrected chi connectivity index (χ2v) is 7.98. The van der Waals surface area contributed by atoms with Gasteiger partial charge in [0, 0.05) is 31.9 Å². The van der Waals surface area contributed by atoms with Crippen LogP contribution in [0.3, 0.4) is 0 Å². The number of rotatable bonds is 12. The maximum atomic E-state index is 6.24. The minimum absolute atomic E-state index is 0.101. The second kappa shape index (κ2) is 10.9. The van der Waals surface area contributed by atoms with Crippen molar-refractivity contribution in [2.75, 3.05) is 19.8 Å². The van der Waals surface area contributed by atoms with Crippen molar-refractivity contribution < 1.29 is 13.3 Å². The highest BCUT2D eigenvalue weighted by Gasteiger charge is 2.39. The molecule has 2 N–H and O–H groups in total. The molecule has 1 rings (SSSR count). The molecule has 0 fully saturated rings. The van der Waals surface area contributed by atoms with Crippen LogP contribution in [0.2, 0.25) is 6.04 Å². The molecule has 0 radical (unpaired) electrons. The highest BCUT2D eigenvalue weighted by molar-refractivity contribution is 6.60. The van der Waals surface area contributed by atoms with Crippen LogP contribution in [0, 0.1) is 0 Å². The molecule has 4 nitrogen and oxygen atoms in total. The Balaban J connectivity index is 2.41. The van der Waals surface area contributed by atoms with Gasteiger partial charge in [0.2, 0.25) is 0 Å². The van der Waals surface area contributed by atoms with Gasteiger partial charge in [-0.05, 0) is 39.2 Å². The van der Waals surface area contributed by atoms with Gasteiger partial charge < -0.3 is 19.0 Å². The first-order chi connectivity index (χ1) is 10.7. The van der Waals surface area contributed by atoms with Gasteiger partial charge in [0.25, 0.3) is 0 Å². The van der Waals surface area contributed by atoms with E-state index < -0.39 is 8.80 Å². The predicted molar refractivity (Wildman–Crippen MR) is 92.7 cm³/mol. The van der Waals surface area contributed by atoms with Crippen LogP contribution in [-0.4, -0.2) is 28.6 Å². The first-order valence-corrected chi connectivity index (χ1v) is 10.3. The molecule has 1 aromatic rings. The van der Waals surface area contributed by atoms with Gasteiger partial charge in [-0.25, -0.2) is 0 Å². The molecular formula is C17H31NO3Si. The fourth-order valence-corrected chi connectivity index (χ4v) is 5.26. The number of nitrogens with two attached hydrogens (primary N) is 1. The van der Waals surface area contributed by atoms with Gasteiger partial charge in [0.15, 0.2) is 0 Å². The molecule has 1 atom stereocenters. The lowest BCUT2D eigenvalue weighted by Crippen LogP contribution is -2.45. The summed E-state index contributed by atoms with van der Waals surface area (Å²) in [5.74, 6) is 0. The first kappa shape index (κ1) is 19.3. The Morgan fingerprint density at radius 2 is 1.45 bits per heavy atom. The molecule has 0 aromatic heterocycles.